The summed E-state index contributed by atoms with van der Waals surface area (Å²) in [4.78, 5) is 33.0. The molecule has 0 unspecified atom stereocenters. The summed E-state index contributed by atoms with van der Waals surface area (Å²) in [6, 6.07) is 4.16. The van der Waals surface area contributed by atoms with Gasteiger partial charge in [-0.3, -0.25) is 14.9 Å². The molecule has 134 valence electrons. The van der Waals surface area contributed by atoms with E-state index in [1.807, 2.05) is 6.92 Å². The van der Waals surface area contributed by atoms with Crippen LogP contribution in [0.1, 0.15) is 38.3 Å². The topological polar surface area (TPSA) is 98.5 Å². The molecule has 8 heteroatoms. The fraction of sp³-hybridized carbons (Fsp3) is 0.412. The Morgan fingerprint density at radius 1 is 1.44 bits per heavy atom. The molecule has 0 bridgehead atoms. The molecule has 1 rings (SSSR count). The molecular weight excluding hydrogens is 323 g/mol. The summed E-state index contributed by atoms with van der Waals surface area (Å²) >= 11 is 0. The van der Waals surface area contributed by atoms with Crippen molar-refractivity contribution in [2.45, 2.75) is 45.8 Å². The van der Waals surface area contributed by atoms with E-state index in [-0.39, 0.29) is 19.5 Å². The van der Waals surface area contributed by atoms with Gasteiger partial charge in [0, 0.05) is 18.2 Å². The van der Waals surface area contributed by atoms with Crippen LogP contribution in [0.15, 0.2) is 24.3 Å². The van der Waals surface area contributed by atoms with Crippen LogP contribution in [0.25, 0.3) is 6.08 Å². The second kappa shape index (κ2) is 9.12. The van der Waals surface area contributed by atoms with Crippen molar-refractivity contribution in [2.24, 2.45) is 0 Å². The maximum Gasteiger partial charge on any atom is 0.308 e. The molecule has 1 atom stereocenters. The van der Waals surface area contributed by atoms with Gasteiger partial charge in [-0.25, -0.2) is 0 Å². The molecule has 0 saturated carbocycles. The molecule has 0 spiro atoms. The predicted octanol–water partition coefficient (Wildman–Crippen LogP) is 2.15. The SMILES string of the molecule is Cc1ccc([N+](=O)[O-])cc1/C=C/[C@H](CC(=O)OC(C)(C)C)NBC=O. The van der Waals surface area contributed by atoms with Crippen molar-refractivity contribution in [3.05, 3.63) is 45.5 Å². The second-order valence-corrected chi connectivity index (χ2v) is 6.63. The average molecular weight is 346 g/mol. The number of nitro benzene ring substituents is 1. The van der Waals surface area contributed by atoms with E-state index in [1.54, 1.807) is 39.0 Å². The van der Waals surface area contributed by atoms with Crippen LogP contribution >= 0.6 is 0 Å². The fourth-order valence-electron chi connectivity index (χ4n) is 2.11. The van der Waals surface area contributed by atoms with Crippen molar-refractivity contribution in [1.82, 2.24) is 5.23 Å². The molecule has 1 aromatic carbocycles. The highest BCUT2D eigenvalue weighted by atomic mass is 16.6. The Morgan fingerprint density at radius 3 is 2.68 bits per heavy atom. The highest BCUT2D eigenvalue weighted by Gasteiger charge is 2.19. The van der Waals surface area contributed by atoms with Crippen LogP contribution in [0.3, 0.4) is 0 Å². The molecule has 1 N–H and O–H groups in total. The van der Waals surface area contributed by atoms with Gasteiger partial charge in [0.2, 0.25) is 0 Å². The molecular formula is C17H23BN2O5. The standard InChI is InChI=1S/C17H23BN2O5/c1-12-5-8-15(20(23)24)9-13(12)6-7-14(19-18-11-21)10-16(22)25-17(2,3)4/h5-9,11,14,18-19H,10H2,1-4H3/b7-6+/t14-/m1/s1. The molecule has 0 aromatic heterocycles. The third kappa shape index (κ3) is 7.76. The molecule has 0 amide bonds. The van der Waals surface area contributed by atoms with Gasteiger partial charge < -0.3 is 14.8 Å². The number of nitro groups is 1. The summed E-state index contributed by atoms with van der Waals surface area (Å²) < 4.78 is 5.28. The van der Waals surface area contributed by atoms with Crippen LogP contribution in [0.2, 0.25) is 0 Å². The summed E-state index contributed by atoms with van der Waals surface area (Å²) in [6.07, 6.45) is 4.17. The maximum absolute atomic E-state index is 12.0. The first kappa shape index (κ1) is 20.6. The van der Waals surface area contributed by atoms with Crippen molar-refractivity contribution in [1.29, 1.82) is 0 Å². The number of aryl methyl sites for hydroxylation is 1. The molecule has 0 radical (unpaired) electrons. The first-order chi connectivity index (χ1) is 11.6. The van der Waals surface area contributed by atoms with Crippen LogP contribution < -0.4 is 5.23 Å². The number of nitrogens with one attached hydrogen (secondary N) is 1. The summed E-state index contributed by atoms with van der Waals surface area (Å²) in [7, 11) is 0.0890. The number of esters is 1. The molecule has 0 saturated heterocycles. The lowest BCUT2D eigenvalue weighted by molar-refractivity contribution is -0.384. The van der Waals surface area contributed by atoms with Gasteiger partial charge in [-0.1, -0.05) is 18.2 Å². The van der Waals surface area contributed by atoms with Crippen LogP contribution in [-0.4, -0.2) is 36.1 Å². The Bertz CT molecular complexity index is 667. The monoisotopic (exact) mass is 346 g/mol. The highest BCUT2D eigenvalue weighted by Crippen LogP contribution is 2.19. The van der Waals surface area contributed by atoms with Crippen molar-refractivity contribution in [3.8, 4) is 0 Å². The molecule has 1 aromatic rings. The largest absolute Gasteiger partial charge is 0.460 e. The number of carbonyl (C=O) groups is 2. The van der Waals surface area contributed by atoms with Crippen LogP contribution in [-0.2, 0) is 14.3 Å². The quantitative estimate of drug-likeness (QED) is 0.255. The van der Waals surface area contributed by atoms with E-state index in [4.69, 9.17) is 4.74 Å². The van der Waals surface area contributed by atoms with Gasteiger partial charge in [0.25, 0.3) is 13.1 Å². The number of nitrogens with zero attached hydrogens (tertiary/aromatic N) is 1. The highest BCUT2D eigenvalue weighted by molar-refractivity contribution is 6.64. The van der Waals surface area contributed by atoms with Gasteiger partial charge in [0.15, 0.2) is 0 Å². The molecule has 25 heavy (non-hydrogen) atoms. The molecule has 0 aliphatic heterocycles. The van der Waals surface area contributed by atoms with Gasteiger partial charge in [-0.15, -0.1) is 0 Å². The third-order valence-electron chi connectivity index (χ3n) is 3.25. The zero-order chi connectivity index (χ0) is 19.0. The Balaban J connectivity index is 2.92. The number of carbonyl (C=O) groups excluding carboxylic acids is 2. The van der Waals surface area contributed by atoms with Gasteiger partial charge in [-0.05, 0) is 38.8 Å². The van der Waals surface area contributed by atoms with E-state index in [2.05, 4.69) is 5.23 Å². The first-order valence-electron chi connectivity index (χ1n) is 7.94. The van der Waals surface area contributed by atoms with Gasteiger partial charge in [0.1, 0.15) is 5.60 Å². The lowest BCUT2D eigenvalue weighted by Crippen LogP contribution is -2.35. The smallest absolute Gasteiger partial charge is 0.308 e. The molecule has 0 aliphatic carbocycles. The zero-order valence-electron chi connectivity index (χ0n) is 14.9. The summed E-state index contributed by atoms with van der Waals surface area (Å²) in [5.74, 6) is -0.392. The van der Waals surface area contributed by atoms with Crippen LogP contribution in [0.5, 0.6) is 0 Å². The maximum atomic E-state index is 12.0. The number of rotatable bonds is 8. The predicted molar refractivity (Wildman–Crippen MR) is 98.2 cm³/mol. The van der Waals surface area contributed by atoms with Gasteiger partial charge >= 0.3 is 5.97 Å². The van der Waals surface area contributed by atoms with Crippen LogP contribution in [0, 0.1) is 17.0 Å². The van der Waals surface area contributed by atoms with E-state index < -0.39 is 22.5 Å². The molecule has 0 fully saturated rings. The zero-order valence-corrected chi connectivity index (χ0v) is 14.9. The van der Waals surface area contributed by atoms with E-state index in [0.717, 1.165) is 5.56 Å². The molecule has 7 nitrogen and oxygen atoms in total. The number of ether oxygens (including phenoxy) is 1. The van der Waals surface area contributed by atoms with Crippen molar-refractivity contribution in [2.75, 3.05) is 0 Å². The number of non-ortho nitro benzene ring substituents is 1. The van der Waals surface area contributed by atoms with E-state index in [1.165, 1.54) is 12.1 Å². The number of hydrogen-bond donors (Lipinski definition) is 1. The third-order valence-corrected chi connectivity index (χ3v) is 3.25. The van der Waals surface area contributed by atoms with E-state index in [0.29, 0.717) is 11.7 Å². The Labute approximate surface area is 147 Å². The minimum absolute atomic E-state index is 0.00482. The van der Waals surface area contributed by atoms with E-state index >= 15 is 0 Å². The van der Waals surface area contributed by atoms with E-state index in [9.17, 15) is 19.7 Å². The second-order valence-electron chi connectivity index (χ2n) is 6.63. The number of benzene rings is 1. The Morgan fingerprint density at radius 2 is 2.12 bits per heavy atom. The van der Waals surface area contributed by atoms with Gasteiger partial charge in [0.05, 0.1) is 17.5 Å². The Hall–Kier alpha value is -2.48. The lowest BCUT2D eigenvalue weighted by Gasteiger charge is -2.21. The lowest BCUT2D eigenvalue weighted by atomic mass is 9.95. The van der Waals surface area contributed by atoms with Crippen molar-refractivity contribution < 1.29 is 19.2 Å². The minimum atomic E-state index is -0.591. The van der Waals surface area contributed by atoms with Crippen molar-refractivity contribution in [3.63, 3.8) is 0 Å². The molecule has 0 aliphatic rings. The minimum Gasteiger partial charge on any atom is -0.460 e. The summed E-state index contributed by atoms with van der Waals surface area (Å²) in [5, 5.41) is 13.8. The van der Waals surface area contributed by atoms with Gasteiger partial charge in [-0.2, -0.15) is 0 Å². The average Bonchev–Trinajstić information content (AvgIpc) is 2.49. The summed E-state index contributed by atoms with van der Waals surface area (Å²) in [5.41, 5.74) is 0.950. The molecule has 0 heterocycles. The summed E-state index contributed by atoms with van der Waals surface area (Å²) in [6.45, 7) is 7.17. The fourth-order valence-corrected chi connectivity index (χ4v) is 2.11. The van der Waals surface area contributed by atoms with Crippen LogP contribution in [0.4, 0.5) is 5.69 Å². The normalized spacial score (nSPS) is 12.6. The first-order valence-corrected chi connectivity index (χ1v) is 7.94. The Kier molecular flexibility index (Phi) is 7.51. The van der Waals surface area contributed by atoms with Crippen molar-refractivity contribution >= 4 is 31.3 Å². The number of hydrogen-bond acceptors (Lipinski definition) is 6.